The highest BCUT2D eigenvalue weighted by molar-refractivity contribution is 5.91. The minimum atomic E-state index is -0.704. The molecule has 0 aliphatic heterocycles. The van der Waals surface area contributed by atoms with Crippen LogP contribution in [0.25, 0.3) is 11.0 Å². The highest BCUT2D eigenvalue weighted by Gasteiger charge is 2.21. The average Bonchev–Trinajstić information content (AvgIpc) is 3.12. The summed E-state index contributed by atoms with van der Waals surface area (Å²) in [6, 6.07) is 10.8. The molecule has 0 unspecified atom stereocenters. The number of aryl methyl sites for hydroxylation is 2. The largest absolute Gasteiger partial charge is 0.332 e. The summed E-state index contributed by atoms with van der Waals surface area (Å²) in [5, 5.41) is 6.90. The highest BCUT2D eigenvalue weighted by Crippen LogP contribution is 2.15. The number of fused-ring (bicyclic) bond motifs is 1. The van der Waals surface area contributed by atoms with Crippen LogP contribution in [-0.4, -0.2) is 24.8 Å². The van der Waals surface area contributed by atoms with Crippen molar-refractivity contribution in [2.24, 2.45) is 0 Å². The third-order valence-corrected chi connectivity index (χ3v) is 5.24. The first-order valence-corrected chi connectivity index (χ1v) is 10.3. The maximum atomic E-state index is 13.5. The van der Waals surface area contributed by atoms with E-state index in [1.54, 1.807) is 6.92 Å². The van der Waals surface area contributed by atoms with E-state index in [-0.39, 0.29) is 23.3 Å². The van der Waals surface area contributed by atoms with E-state index in [2.05, 4.69) is 10.4 Å². The number of carbonyl (C=O) groups is 1. The molecule has 2 aromatic carbocycles. The number of hydrogen-bond donors (Lipinski definition) is 1. The molecule has 0 radical (unpaired) electrons. The summed E-state index contributed by atoms with van der Waals surface area (Å²) in [6.07, 6.45) is 0. The number of carbonyl (C=O) groups excluding carboxylic acids is 1. The van der Waals surface area contributed by atoms with Gasteiger partial charge in [0.05, 0.1) is 12.2 Å². The fraction of sp³-hybridized carbons (Fsp3) is 0.217. The molecule has 4 aromatic rings. The first-order valence-electron chi connectivity index (χ1n) is 10.3. The molecule has 0 aliphatic rings. The molecule has 170 valence electrons. The van der Waals surface area contributed by atoms with Gasteiger partial charge >= 0.3 is 5.69 Å². The molecular weight excluding hydrogens is 432 g/mol. The molecule has 2 heterocycles. The fourth-order valence-corrected chi connectivity index (χ4v) is 3.76. The molecule has 1 N–H and O–H groups in total. The smallest absolute Gasteiger partial charge is 0.324 e. The van der Waals surface area contributed by atoms with E-state index in [0.717, 1.165) is 10.6 Å². The molecule has 10 heteroatoms. The number of nitrogens with one attached hydrogen (secondary N) is 1. The molecule has 8 nitrogen and oxygen atoms in total. The highest BCUT2D eigenvalue weighted by atomic mass is 19.1. The van der Waals surface area contributed by atoms with Crippen LogP contribution in [0.3, 0.4) is 0 Å². The molecular formula is C23H21F2N5O3. The van der Waals surface area contributed by atoms with Crippen molar-refractivity contribution in [3.63, 3.8) is 0 Å². The predicted octanol–water partition coefficient (Wildman–Crippen LogP) is 2.65. The van der Waals surface area contributed by atoms with Crippen LogP contribution < -0.4 is 16.6 Å². The Hall–Kier alpha value is -4.08. The van der Waals surface area contributed by atoms with Crippen molar-refractivity contribution in [2.75, 3.05) is 5.32 Å². The number of hydrogen-bond acceptors (Lipinski definition) is 4. The van der Waals surface area contributed by atoms with Gasteiger partial charge < -0.3 is 5.32 Å². The minimum absolute atomic E-state index is 0.104. The first kappa shape index (κ1) is 22.1. The zero-order valence-corrected chi connectivity index (χ0v) is 18.0. The molecule has 0 aliphatic carbocycles. The van der Waals surface area contributed by atoms with Crippen molar-refractivity contribution in [1.82, 2.24) is 18.9 Å². The van der Waals surface area contributed by atoms with Gasteiger partial charge in [-0.2, -0.15) is 5.10 Å². The zero-order chi connectivity index (χ0) is 23.7. The number of nitrogens with zero attached hydrogens (tertiary/aromatic N) is 4. The van der Waals surface area contributed by atoms with Crippen molar-refractivity contribution in [1.29, 1.82) is 0 Å². The lowest BCUT2D eigenvalue weighted by Crippen LogP contribution is -2.42. The van der Waals surface area contributed by atoms with Crippen molar-refractivity contribution >= 4 is 22.6 Å². The lowest BCUT2D eigenvalue weighted by molar-refractivity contribution is -0.116. The fourth-order valence-electron chi connectivity index (χ4n) is 3.76. The predicted molar refractivity (Wildman–Crippen MR) is 119 cm³/mol. The lowest BCUT2D eigenvalue weighted by atomic mass is 10.2. The Labute approximate surface area is 186 Å². The van der Waals surface area contributed by atoms with Crippen molar-refractivity contribution in [2.45, 2.75) is 33.5 Å². The van der Waals surface area contributed by atoms with Gasteiger partial charge in [-0.25, -0.2) is 13.6 Å². The van der Waals surface area contributed by atoms with Gasteiger partial charge in [-0.05, 0) is 49.7 Å². The topological polar surface area (TPSA) is 90.9 Å². The average molecular weight is 453 g/mol. The number of amides is 1. The Balaban J connectivity index is 1.82. The molecule has 0 atom stereocenters. The Bertz CT molecular complexity index is 1470. The van der Waals surface area contributed by atoms with Crippen LogP contribution in [0.4, 0.5) is 14.5 Å². The monoisotopic (exact) mass is 453 g/mol. The maximum absolute atomic E-state index is 13.5. The molecule has 0 saturated heterocycles. The minimum Gasteiger partial charge on any atom is -0.324 e. The van der Waals surface area contributed by atoms with Crippen LogP contribution in [0, 0.1) is 18.6 Å². The van der Waals surface area contributed by atoms with Crippen molar-refractivity contribution in [3.8, 4) is 0 Å². The molecule has 2 aromatic heterocycles. The number of rotatable bonds is 6. The lowest BCUT2D eigenvalue weighted by Gasteiger charge is -2.13. The Kier molecular flexibility index (Phi) is 5.91. The van der Waals surface area contributed by atoms with Crippen LogP contribution in [0.1, 0.15) is 18.2 Å². The molecule has 0 spiro atoms. The van der Waals surface area contributed by atoms with E-state index in [4.69, 9.17) is 0 Å². The van der Waals surface area contributed by atoms with Gasteiger partial charge in [0.1, 0.15) is 23.7 Å². The van der Waals surface area contributed by atoms with E-state index in [9.17, 15) is 23.2 Å². The van der Waals surface area contributed by atoms with Gasteiger partial charge in [0.25, 0.3) is 5.56 Å². The molecule has 4 rings (SSSR count). The quantitative estimate of drug-likeness (QED) is 0.486. The molecule has 1 amide bonds. The van der Waals surface area contributed by atoms with Gasteiger partial charge in [-0.1, -0.05) is 18.2 Å². The maximum Gasteiger partial charge on any atom is 0.332 e. The summed E-state index contributed by atoms with van der Waals surface area (Å²) in [4.78, 5) is 39.3. The van der Waals surface area contributed by atoms with Gasteiger partial charge in [0.2, 0.25) is 5.91 Å². The Morgan fingerprint density at radius 1 is 1.00 bits per heavy atom. The molecule has 33 heavy (non-hydrogen) atoms. The summed E-state index contributed by atoms with van der Waals surface area (Å²) in [7, 11) is 0. The van der Waals surface area contributed by atoms with Gasteiger partial charge in [0.15, 0.2) is 5.52 Å². The van der Waals surface area contributed by atoms with Crippen LogP contribution in [0.5, 0.6) is 0 Å². The zero-order valence-electron chi connectivity index (χ0n) is 18.0. The summed E-state index contributed by atoms with van der Waals surface area (Å²) in [6.45, 7) is 3.32. The Morgan fingerprint density at radius 2 is 1.73 bits per heavy atom. The van der Waals surface area contributed by atoms with E-state index >= 15 is 0 Å². The second-order valence-electron chi connectivity index (χ2n) is 7.54. The van der Waals surface area contributed by atoms with E-state index in [1.807, 2.05) is 6.92 Å². The van der Waals surface area contributed by atoms with E-state index in [0.29, 0.717) is 17.8 Å². The van der Waals surface area contributed by atoms with Crippen LogP contribution in [0.2, 0.25) is 0 Å². The van der Waals surface area contributed by atoms with Crippen molar-refractivity contribution in [3.05, 3.63) is 92.3 Å². The van der Waals surface area contributed by atoms with Gasteiger partial charge in [0, 0.05) is 12.2 Å². The summed E-state index contributed by atoms with van der Waals surface area (Å²) < 4.78 is 30.4. The summed E-state index contributed by atoms with van der Waals surface area (Å²) in [5.74, 6) is -1.52. The standard InChI is InChI=1S/C23H21F2N5O3/c1-3-30-21-20(14(2)27-30)28(13-19(31)26-18-6-4-5-17(25)11-18)23(33)29(22(21)32)12-15-7-9-16(24)10-8-15/h4-11H,3,12-13H2,1-2H3,(H,26,31). The van der Waals surface area contributed by atoms with Crippen LogP contribution in [-0.2, 0) is 24.4 Å². The molecule has 0 bridgehead atoms. The van der Waals surface area contributed by atoms with Crippen LogP contribution in [0.15, 0.2) is 58.1 Å². The second-order valence-corrected chi connectivity index (χ2v) is 7.54. The number of halogens is 2. The normalized spacial score (nSPS) is 11.2. The third kappa shape index (κ3) is 4.32. The van der Waals surface area contributed by atoms with Crippen molar-refractivity contribution < 1.29 is 13.6 Å². The first-order chi connectivity index (χ1) is 15.8. The summed E-state index contributed by atoms with van der Waals surface area (Å²) in [5.41, 5.74) is 0.406. The summed E-state index contributed by atoms with van der Waals surface area (Å²) >= 11 is 0. The third-order valence-electron chi connectivity index (χ3n) is 5.24. The Morgan fingerprint density at radius 3 is 2.39 bits per heavy atom. The number of aromatic nitrogens is 4. The van der Waals surface area contributed by atoms with Gasteiger partial charge in [-0.15, -0.1) is 0 Å². The van der Waals surface area contributed by atoms with Crippen LogP contribution >= 0.6 is 0 Å². The molecule has 0 saturated carbocycles. The number of anilines is 1. The SMILES string of the molecule is CCn1nc(C)c2c1c(=O)n(Cc1ccc(F)cc1)c(=O)n2CC(=O)Nc1cccc(F)c1. The number of benzene rings is 2. The van der Waals surface area contributed by atoms with Gasteiger partial charge in [-0.3, -0.25) is 23.4 Å². The molecule has 0 fully saturated rings. The van der Waals surface area contributed by atoms with E-state index in [1.165, 1.54) is 51.7 Å². The van der Waals surface area contributed by atoms with E-state index < -0.39 is 35.3 Å². The second kappa shape index (κ2) is 8.81.